The van der Waals surface area contributed by atoms with Crippen molar-refractivity contribution in [2.45, 2.75) is 51.4 Å². The summed E-state index contributed by atoms with van der Waals surface area (Å²) < 4.78 is 0. The predicted molar refractivity (Wildman–Crippen MR) is 87.2 cm³/mol. The molecule has 1 aliphatic rings. The molecule has 0 aliphatic heterocycles. The first-order chi connectivity index (χ1) is 10.2. The van der Waals surface area contributed by atoms with Crippen LogP contribution in [0.4, 0.5) is 0 Å². The molecule has 0 heterocycles. The van der Waals surface area contributed by atoms with Crippen LogP contribution in [-0.4, -0.2) is 19.0 Å². The average molecular weight is 288 g/mol. The van der Waals surface area contributed by atoms with Gasteiger partial charge in [0.25, 0.3) is 0 Å². The Kier molecular flexibility index (Phi) is 6.24. The van der Waals surface area contributed by atoms with Gasteiger partial charge in [-0.1, -0.05) is 44.0 Å². The molecule has 0 aromatic heterocycles. The van der Waals surface area contributed by atoms with E-state index in [0.717, 1.165) is 32.4 Å². The molecule has 0 saturated heterocycles. The number of benzene rings is 1. The van der Waals surface area contributed by atoms with Gasteiger partial charge in [0, 0.05) is 18.9 Å². The van der Waals surface area contributed by atoms with Crippen molar-refractivity contribution in [1.82, 2.24) is 5.32 Å². The third kappa shape index (κ3) is 4.57. The molecule has 0 spiro atoms. The number of hydrogen-bond donors (Lipinski definition) is 2. The zero-order valence-corrected chi connectivity index (χ0v) is 13.1. The topological polar surface area (TPSA) is 55.1 Å². The van der Waals surface area contributed by atoms with E-state index in [0.29, 0.717) is 18.3 Å². The molecule has 1 aromatic carbocycles. The van der Waals surface area contributed by atoms with Gasteiger partial charge in [0.2, 0.25) is 5.91 Å². The van der Waals surface area contributed by atoms with E-state index in [9.17, 15) is 4.79 Å². The molecule has 0 bridgehead atoms. The van der Waals surface area contributed by atoms with E-state index in [1.54, 1.807) is 0 Å². The number of hydrogen-bond acceptors (Lipinski definition) is 2. The zero-order chi connectivity index (χ0) is 15.1. The summed E-state index contributed by atoms with van der Waals surface area (Å²) in [6.07, 6.45) is 6.10. The molecule has 2 unspecified atom stereocenters. The minimum Gasteiger partial charge on any atom is -0.355 e. The summed E-state index contributed by atoms with van der Waals surface area (Å²) in [7, 11) is 0. The first kappa shape index (κ1) is 16.0. The van der Waals surface area contributed by atoms with Crippen LogP contribution in [-0.2, 0) is 11.2 Å². The molecule has 1 amide bonds. The molecule has 1 aromatic rings. The lowest BCUT2D eigenvalue weighted by molar-refractivity contribution is -0.121. The fraction of sp³-hybridized carbons (Fsp3) is 0.611. The smallest absolute Gasteiger partial charge is 0.220 e. The summed E-state index contributed by atoms with van der Waals surface area (Å²) in [6, 6.07) is 8.51. The Hall–Kier alpha value is -1.35. The molecule has 0 saturated carbocycles. The van der Waals surface area contributed by atoms with Crippen molar-refractivity contribution >= 4 is 5.91 Å². The van der Waals surface area contributed by atoms with Crippen molar-refractivity contribution in [3.63, 3.8) is 0 Å². The van der Waals surface area contributed by atoms with Gasteiger partial charge in [0.1, 0.15) is 0 Å². The number of carbonyl (C=O) groups excluding carboxylic acids is 1. The molecule has 2 atom stereocenters. The van der Waals surface area contributed by atoms with E-state index in [-0.39, 0.29) is 5.91 Å². The van der Waals surface area contributed by atoms with Gasteiger partial charge in [-0.2, -0.15) is 0 Å². The van der Waals surface area contributed by atoms with Crippen molar-refractivity contribution < 1.29 is 4.79 Å². The Morgan fingerprint density at radius 1 is 1.33 bits per heavy atom. The lowest BCUT2D eigenvalue weighted by Crippen LogP contribution is -2.33. The minimum atomic E-state index is 0.192. The van der Waals surface area contributed by atoms with E-state index in [1.165, 1.54) is 24.0 Å². The third-order valence-electron chi connectivity index (χ3n) is 4.56. The Bertz CT molecular complexity index is 452. The van der Waals surface area contributed by atoms with Crippen LogP contribution in [0.5, 0.6) is 0 Å². The van der Waals surface area contributed by atoms with E-state index in [4.69, 9.17) is 5.73 Å². The van der Waals surface area contributed by atoms with Gasteiger partial charge in [-0.25, -0.2) is 0 Å². The fourth-order valence-corrected chi connectivity index (χ4v) is 3.28. The molecule has 3 N–H and O–H groups in total. The molecule has 116 valence electrons. The van der Waals surface area contributed by atoms with Gasteiger partial charge in [0.15, 0.2) is 0 Å². The number of amides is 1. The number of carbonyl (C=O) groups is 1. The lowest BCUT2D eigenvalue weighted by atomic mass is 9.77. The van der Waals surface area contributed by atoms with E-state index < -0.39 is 0 Å². The highest BCUT2D eigenvalue weighted by Gasteiger charge is 2.25. The van der Waals surface area contributed by atoms with Crippen LogP contribution in [0.25, 0.3) is 0 Å². The highest BCUT2D eigenvalue weighted by atomic mass is 16.1. The summed E-state index contributed by atoms with van der Waals surface area (Å²) in [5, 5.41) is 3.09. The maximum absolute atomic E-state index is 12.0. The highest BCUT2D eigenvalue weighted by molar-refractivity contribution is 5.76. The van der Waals surface area contributed by atoms with Crippen molar-refractivity contribution in [2.75, 3.05) is 13.1 Å². The standard InChI is InChI=1S/C18H28N2O/c1-2-5-14(10-11-19)8-9-18(21)20-13-16-12-15-6-3-4-7-17(15)16/h3-4,6-7,14,16H,2,5,8-13,19H2,1H3,(H,20,21). The Morgan fingerprint density at radius 2 is 2.14 bits per heavy atom. The third-order valence-corrected chi connectivity index (χ3v) is 4.56. The monoisotopic (exact) mass is 288 g/mol. The molecular weight excluding hydrogens is 260 g/mol. The average Bonchev–Trinajstić information content (AvgIpc) is 2.46. The first-order valence-electron chi connectivity index (χ1n) is 8.29. The molecule has 21 heavy (non-hydrogen) atoms. The maximum atomic E-state index is 12.0. The number of fused-ring (bicyclic) bond motifs is 1. The lowest BCUT2D eigenvalue weighted by Gasteiger charge is -2.30. The van der Waals surface area contributed by atoms with Crippen LogP contribution >= 0.6 is 0 Å². The van der Waals surface area contributed by atoms with E-state index in [2.05, 4.69) is 36.5 Å². The number of nitrogens with two attached hydrogens (primary N) is 1. The van der Waals surface area contributed by atoms with Crippen LogP contribution < -0.4 is 11.1 Å². The normalized spacial score (nSPS) is 17.7. The molecule has 1 aliphatic carbocycles. The molecule has 3 heteroatoms. The second kappa shape index (κ2) is 8.18. The Morgan fingerprint density at radius 3 is 2.86 bits per heavy atom. The highest BCUT2D eigenvalue weighted by Crippen LogP contribution is 2.34. The predicted octanol–water partition coefficient (Wildman–Crippen LogP) is 2.99. The van der Waals surface area contributed by atoms with Gasteiger partial charge in [-0.15, -0.1) is 0 Å². The largest absolute Gasteiger partial charge is 0.355 e. The fourth-order valence-electron chi connectivity index (χ4n) is 3.28. The summed E-state index contributed by atoms with van der Waals surface area (Å²) in [5.74, 6) is 1.31. The van der Waals surface area contributed by atoms with Crippen LogP contribution in [0.1, 0.15) is 56.1 Å². The minimum absolute atomic E-state index is 0.192. The summed E-state index contributed by atoms with van der Waals surface area (Å²) >= 11 is 0. The van der Waals surface area contributed by atoms with Gasteiger partial charge in [0.05, 0.1) is 0 Å². The SMILES string of the molecule is CCCC(CCN)CCC(=O)NCC1Cc2ccccc21. The second-order valence-corrected chi connectivity index (χ2v) is 6.17. The summed E-state index contributed by atoms with van der Waals surface area (Å²) in [6.45, 7) is 3.70. The van der Waals surface area contributed by atoms with Crippen LogP contribution in [0.2, 0.25) is 0 Å². The van der Waals surface area contributed by atoms with Gasteiger partial charge in [-0.05, 0) is 42.9 Å². The van der Waals surface area contributed by atoms with Gasteiger partial charge < -0.3 is 11.1 Å². The van der Waals surface area contributed by atoms with Crippen LogP contribution in [0, 0.1) is 5.92 Å². The Labute approximate surface area is 128 Å². The van der Waals surface area contributed by atoms with E-state index >= 15 is 0 Å². The Balaban J connectivity index is 1.66. The van der Waals surface area contributed by atoms with Crippen LogP contribution in [0.15, 0.2) is 24.3 Å². The van der Waals surface area contributed by atoms with Gasteiger partial charge >= 0.3 is 0 Å². The number of rotatable bonds is 9. The number of nitrogens with one attached hydrogen (secondary N) is 1. The van der Waals surface area contributed by atoms with E-state index in [1.807, 2.05) is 0 Å². The molecule has 3 nitrogen and oxygen atoms in total. The molecule has 0 fully saturated rings. The molecular formula is C18H28N2O. The summed E-state index contributed by atoms with van der Waals surface area (Å²) in [5.41, 5.74) is 8.48. The maximum Gasteiger partial charge on any atom is 0.220 e. The van der Waals surface area contributed by atoms with Crippen molar-refractivity contribution in [1.29, 1.82) is 0 Å². The van der Waals surface area contributed by atoms with Crippen molar-refractivity contribution in [3.05, 3.63) is 35.4 Å². The van der Waals surface area contributed by atoms with Crippen LogP contribution in [0.3, 0.4) is 0 Å². The summed E-state index contributed by atoms with van der Waals surface area (Å²) in [4.78, 5) is 12.0. The quantitative estimate of drug-likeness (QED) is 0.734. The first-order valence-corrected chi connectivity index (χ1v) is 8.29. The van der Waals surface area contributed by atoms with Crippen molar-refractivity contribution in [2.24, 2.45) is 11.7 Å². The molecule has 0 radical (unpaired) electrons. The zero-order valence-electron chi connectivity index (χ0n) is 13.1. The second-order valence-electron chi connectivity index (χ2n) is 6.17. The van der Waals surface area contributed by atoms with Gasteiger partial charge in [-0.3, -0.25) is 4.79 Å². The molecule has 2 rings (SSSR count). The van der Waals surface area contributed by atoms with Crippen molar-refractivity contribution in [3.8, 4) is 0 Å².